The number of thiophene rings is 1. The highest BCUT2D eigenvalue weighted by molar-refractivity contribution is 7.90. The van der Waals surface area contributed by atoms with Gasteiger partial charge in [0.15, 0.2) is 18.2 Å². The first-order chi connectivity index (χ1) is 17.1. The number of rotatable bonds is 8. The van der Waals surface area contributed by atoms with E-state index in [-0.39, 0.29) is 45.9 Å². The van der Waals surface area contributed by atoms with Gasteiger partial charge >= 0.3 is 0 Å². The molecule has 36 heavy (non-hydrogen) atoms. The molecule has 1 aromatic carbocycles. The molecule has 0 atom stereocenters. The number of hydrogen-bond donors (Lipinski definition) is 4. The predicted molar refractivity (Wildman–Crippen MR) is 131 cm³/mol. The normalized spacial score (nSPS) is 14.1. The highest BCUT2D eigenvalue weighted by Gasteiger charge is 2.31. The molecule has 1 amide bonds. The number of amidine groups is 1. The fourth-order valence-corrected chi connectivity index (χ4v) is 5.27. The van der Waals surface area contributed by atoms with Gasteiger partial charge in [0.2, 0.25) is 0 Å². The number of carbonyl (C=O) groups is 1. The first kappa shape index (κ1) is 25.3. The number of nitrogens with one attached hydrogen (secondary N) is 2. The van der Waals surface area contributed by atoms with Crippen molar-refractivity contribution in [3.63, 3.8) is 0 Å². The standard InChI is InChI=1S/C22H23N5O7S2/c1-12(2)7-8-27-22(30)18(20(29)19(24-27)15-4-3-9-35-15)21-23-14-6-5-13(34-11-17(28)25-31)10-16(14)36(32,33)26-21/h3-6,9-10,12,29,31H,7-8,11H2,1-2H3,(H,23,26)(H,25,28). The minimum atomic E-state index is -4.23. The lowest BCUT2D eigenvalue weighted by Crippen LogP contribution is -2.39. The summed E-state index contributed by atoms with van der Waals surface area (Å²) in [6, 6.07) is 7.39. The van der Waals surface area contributed by atoms with Crippen molar-refractivity contribution in [3.05, 3.63) is 51.6 Å². The molecule has 14 heteroatoms. The molecular weight excluding hydrogens is 510 g/mol. The summed E-state index contributed by atoms with van der Waals surface area (Å²) < 4.78 is 34.8. The predicted octanol–water partition coefficient (Wildman–Crippen LogP) is 1.98. The fourth-order valence-electron chi connectivity index (χ4n) is 3.39. The number of aliphatic imine (C=N–C) groups is 1. The molecule has 1 aliphatic heterocycles. The summed E-state index contributed by atoms with van der Waals surface area (Å²) in [5, 5.41) is 25.7. The lowest BCUT2D eigenvalue weighted by Gasteiger charge is -2.20. The summed E-state index contributed by atoms with van der Waals surface area (Å²) >= 11 is 1.31. The largest absolute Gasteiger partial charge is 0.505 e. The number of sulfonamides is 1. The van der Waals surface area contributed by atoms with Crippen molar-refractivity contribution >= 4 is 38.8 Å². The summed E-state index contributed by atoms with van der Waals surface area (Å²) in [4.78, 5) is 29.2. The van der Waals surface area contributed by atoms with Crippen molar-refractivity contribution in [3.8, 4) is 22.1 Å². The van der Waals surface area contributed by atoms with Crippen molar-refractivity contribution in [1.82, 2.24) is 20.0 Å². The molecule has 0 saturated heterocycles. The maximum absolute atomic E-state index is 13.3. The number of benzene rings is 1. The molecule has 0 saturated carbocycles. The molecule has 0 bridgehead atoms. The Morgan fingerprint density at radius 1 is 1.31 bits per heavy atom. The van der Waals surface area contributed by atoms with Crippen LogP contribution in [0.4, 0.5) is 5.69 Å². The van der Waals surface area contributed by atoms with Crippen molar-refractivity contribution in [1.29, 1.82) is 0 Å². The number of hydrogen-bond acceptors (Lipinski definition) is 10. The summed E-state index contributed by atoms with van der Waals surface area (Å²) in [7, 11) is -4.23. The topological polar surface area (TPSA) is 172 Å². The van der Waals surface area contributed by atoms with Crippen molar-refractivity contribution in [2.45, 2.75) is 31.7 Å². The number of fused-ring (bicyclic) bond motifs is 1. The van der Waals surface area contributed by atoms with Gasteiger partial charge in [-0.2, -0.15) is 5.10 Å². The summed E-state index contributed by atoms with van der Waals surface area (Å²) in [6.07, 6.45) is 0.638. The molecule has 4 rings (SSSR count). The van der Waals surface area contributed by atoms with Crippen LogP contribution in [-0.2, 0) is 21.4 Å². The molecule has 3 heterocycles. The smallest absolute Gasteiger partial charge is 0.281 e. The number of nitrogens with zero attached hydrogens (tertiary/aromatic N) is 3. The van der Waals surface area contributed by atoms with Crippen LogP contribution in [0.1, 0.15) is 25.8 Å². The lowest BCUT2D eigenvalue weighted by molar-refractivity contribution is -0.131. The van der Waals surface area contributed by atoms with Crippen LogP contribution in [0.25, 0.3) is 10.6 Å². The van der Waals surface area contributed by atoms with E-state index in [4.69, 9.17) is 9.94 Å². The molecule has 12 nitrogen and oxygen atoms in total. The van der Waals surface area contributed by atoms with Gasteiger partial charge in [-0.15, -0.1) is 11.3 Å². The van der Waals surface area contributed by atoms with Gasteiger partial charge in [-0.25, -0.2) is 23.6 Å². The van der Waals surface area contributed by atoms with Gasteiger partial charge in [-0.1, -0.05) is 19.9 Å². The number of amides is 1. The van der Waals surface area contributed by atoms with Crippen LogP contribution >= 0.6 is 11.3 Å². The van der Waals surface area contributed by atoms with Gasteiger partial charge in [-0.05, 0) is 35.9 Å². The van der Waals surface area contributed by atoms with Gasteiger partial charge in [0.25, 0.3) is 21.5 Å². The Kier molecular flexibility index (Phi) is 7.10. The highest BCUT2D eigenvalue weighted by atomic mass is 32.2. The molecule has 0 fully saturated rings. The Morgan fingerprint density at radius 3 is 2.75 bits per heavy atom. The monoisotopic (exact) mass is 533 g/mol. The van der Waals surface area contributed by atoms with E-state index in [0.29, 0.717) is 11.3 Å². The van der Waals surface area contributed by atoms with E-state index in [0.717, 1.165) is 6.07 Å². The zero-order valence-electron chi connectivity index (χ0n) is 19.3. The van der Waals surface area contributed by atoms with Crippen LogP contribution in [0.15, 0.2) is 50.4 Å². The van der Waals surface area contributed by atoms with E-state index in [1.54, 1.807) is 17.5 Å². The molecule has 0 radical (unpaired) electrons. The minimum absolute atomic E-state index is 0.00438. The average molecular weight is 534 g/mol. The van der Waals surface area contributed by atoms with Crippen molar-refractivity contribution in [2.75, 3.05) is 6.61 Å². The number of ether oxygens (including phenoxy) is 1. The zero-order valence-corrected chi connectivity index (χ0v) is 20.9. The van der Waals surface area contributed by atoms with Crippen LogP contribution in [0, 0.1) is 5.92 Å². The molecule has 190 valence electrons. The number of hydroxylamine groups is 1. The highest BCUT2D eigenvalue weighted by Crippen LogP contribution is 2.35. The van der Waals surface area contributed by atoms with Gasteiger partial charge < -0.3 is 9.84 Å². The SMILES string of the molecule is CC(C)CCn1nc(-c2cccs2)c(O)c(C2=Nc3ccc(OCC(=O)NO)cc3S(=O)(=O)N2)c1=O. The molecule has 0 unspecified atom stereocenters. The number of aromatic hydroxyl groups is 1. The average Bonchev–Trinajstić information content (AvgIpc) is 3.36. The Balaban J connectivity index is 1.83. The third-order valence-corrected chi connectivity index (χ3v) is 7.46. The Hall–Kier alpha value is -3.75. The van der Waals surface area contributed by atoms with Gasteiger partial charge in [0.1, 0.15) is 21.9 Å². The number of carbonyl (C=O) groups excluding carboxylic acids is 1. The second kappa shape index (κ2) is 10.1. The van der Waals surface area contributed by atoms with E-state index in [2.05, 4.69) is 14.8 Å². The van der Waals surface area contributed by atoms with Crippen LogP contribution in [0.5, 0.6) is 11.5 Å². The van der Waals surface area contributed by atoms with E-state index in [1.807, 2.05) is 13.8 Å². The summed E-state index contributed by atoms with van der Waals surface area (Å²) in [5.74, 6) is -1.32. The Morgan fingerprint density at radius 2 is 2.08 bits per heavy atom. The van der Waals surface area contributed by atoms with Crippen LogP contribution in [-0.4, -0.2) is 46.9 Å². The third-order valence-electron chi connectivity index (χ3n) is 5.22. The summed E-state index contributed by atoms with van der Waals surface area (Å²) in [5.41, 5.74) is 0.551. The van der Waals surface area contributed by atoms with Gasteiger partial charge in [0, 0.05) is 12.6 Å². The second-order valence-corrected chi connectivity index (χ2v) is 10.9. The second-order valence-electron chi connectivity index (χ2n) is 8.28. The van der Waals surface area contributed by atoms with Crippen molar-refractivity contribution < 1.29 is 28.3 Å². The third kappa shape index (κ3) is 5.10. The quantitative estimate of drug-likeness (QED) is 0.251. The van der Waals surface area contributed by atoms with E-state index in [9.17, 15) is 23.1 Å². The van der Waals surface area contributed by atoms with Crippen molar-refractivity contribution in [2.24, 2.45) is 10.9 Å². The fraction of sp³-hybridized carbons (Fsp3) is 0.273. The molecule has 0 aliphatic carbocycles. The van der Waals surface area contributed by atoms with Gasteiger partial charge in [-0.3, -0.25) is 19.5 Å². The van der Waals surface area contributed by atoms with Crippen LogP contribution in [0.3, 0.4) is 0 Å². The minimum Gasteiger partial charge on any atom is -0.505 e. The molecule has 4 N–H and O–H groups in total. The molecule has 0 spiro atoms. The number of aryl methyl sites for hydroxylation is 1. The zero-order chi connectivity index (χ0) is 26.0. The number of aromatic nitrogens is 2. The Labute approximate surface area is 209 Å². The maximum atomic E-state index is 13.3. The lowest BCUT2D eigenvalue weighted by atomic mass is 10.1. The maximum Gasteiger partial charge on any atom is 0.281 e. The molecular formula is C22H23N5O7S2. The van der Waals surface area contributed by atoms with Crippen LogP contribution in [0.2, 0.25) is 0 Å². The molecule has 3 aromatic rings. The van der Waals surface area contributed by atoms with E-state index in [1.165, 1.54) is 33.6 Å². The molecule has 1 aliphatic rings. The van der Waals surface area contributed by atoms with Crippen LogP contribution < -0.4 is 20.5 Å². The van der Waals surface area contributed by atoms with E-state index >= 15 is 0 Å². The summed E-state index contributed by atoms with van der Waals surface area (Å²) in [6.45, 7) is 3.72. The first-order valence-electron chi connectivity index (χ1n) is 10.8. The molecule has 2 aromatic heterocycles. The van der Waals surface area contributed by atoms with Gasteiger partial charge in [0.05, 0.1) is 10.6 Å². The first-order valence-corrected chi connectivity index (χ1v) is 13.2. The Bertz CT molecular complexity index is 1500. The van der Waals surface area contributed by atoms with E-state index < -0.39 is 33.8 Å².